The number of aliphatic hydroxyl groups is 2. The van der Waals surface area contributed by atoms with Gasteiger partial charge >= 0.3 is 0 Å². The Morgan fingerprint density at radius 2 is 0.716 bits per heavy atom. The van der Waals surface area contributed by atoms with E-state index in [1.54, 1.807) is 0 Å². The average molecular weight is 1090 g/mol. The number of rotatable bonds is 28. The SMILES string of the molecule is C=CCCCOC1OC(COC2OC(COC3OC(COC4OC(COC5OC(CO)C(OP)C5OP)C(OC5OC(CO)C(OP)C5OP)C4C)C(OP)C3C)C(OP)C2C)C(OP)C1C. The Morgan fingerprint density at radius 3 is 1.09 bits per heavy atom. The zero-order chi connectivity index (χ0) is 48.4. The molecule has 67 heavy (non-hydrogen) atoms. The van der Waals surface area contributed by atoms with Crippen molar-refractivity contribution in [2.24, 2.45) is 23.7 Å². The lowest BCUT2D eigenvalue weighted by Gasteiger charge is -2.28. The van der Waals surface area contributed by atoms with Crippen LogP contribution in [0.25, 0.3) is 0 Å². The van der Waals surface area contributed by atoms with Crippen LogP contribution in [0.3, 0.4) is 0 Å². The Morgan fingerprint density at radius 1 is 0.403 bits per heavy atom. The topological polar surface area (TPSA) is 216 Å². The van der Waals surface area contributed by atoms with Gasteiger partial charge < -0.3 is 98.7 Å². The summed E-state index contributed by atoms with van der Waals surface area (Å²) < 4.78 is 115. The number of unbranched alkanes of at least 4 members (excludes halogenated alkanes) is 1. The van der Waals surface area contributed by atoms with Gasteiger partial charge in [-0.05, 0) is 12.8 Å². The summed E-state index contributed by atoms with van der Waals surface area (Å²) in [5, 5.41) is 19.9. The highest BCUT2D eigenvalue weighted by molar-refractivity contribution is 7.10. The number of hydrogen-bond donors (Lipinski definition) is 2. The van der Waals surface area contributed by atoms with E-state index in [0.29, 0.717) is 6.61 Å². The molecule has 6 heterocycles. The molecule has 6 rings (SSSR count). The first kappa shape index (κ1) is 58.2. The van der Waals surface area contributed by atoms with Gasteiger partial charge in [0.15, 0.2) is 37.7 Å². The van der Waals surface area contributed by atoms with Crippen molar-refractivity contribution < 1.29 is 98.7 Å². The fourth-order valence-corrected chi connectivity index (χ4v) is 12.0. The molecule has 390 valence electrons. The Hall–Kier alpha value is 1.91. The van der Waals surface area contributed by atoms with Gasteiger partial charge in [-0.15, -0.1) is 6.58 Å². The Labute approximate surface area is 410 Å². The van der Waals surface area contributed by atoms with Crippen LogP contribution in [0.2, 0.25) is 0 Å². The van der Waals surface area contributed by atoms with E-state index in [1.807, 2.05) is 33.8 Å². The van der Waals surface area contributed by atoms with E-state index in [4.69, 9.17) is 88.5 Å². The highest BCUT2D eigenvalue weighted by Gasteiger charge is 2.54. The molecule has 31 unspecified atom stereocenters. The Balaban J connectivity index is 1.04. The van der Waals surface area contributed by atoms with E-state index in [0.717, 1.165) is 12.8 Å². The van der Waals surface area contributed by atoms with Crippen LogP contribution in [0.15, 0.2) is 12.7 Å². The van der Waals surface area contributed by atoms with E-state index in [9.17, 15) is 10.2 Å². The van der Waals surface area contributed by atoms with Crippen LogP contribution in [0.5, 0.6) is 0 Å². The lowest BCUT2D eigenvalue weighted by atomic mass is 10.0. The molecular formula is C39H73O21P7. The van der Waals surface area contributed by atoms with Gasteiger partial charge in [-0.2, -0.15) is 0 Å². The summed E-state index contributed by atoms with van der Waals surface area (Å²) >= 11 is 0. The first-order valence-electron chi connectivity index (χ1n) is 22.4. The van der Waals surface area contributed by atoms with Crippen LogP contribution in [-0.2, 0) is 88.5 Å². The third kappa shape index (κ3) is 13.9. The quantitative estimate of drug-likeness (QED) is 0.0654. The number of ether oxygens (including phenoxy) is 12. The van der Waals surface area contributed by atoms with Crippen molar-refractivity contribution in [2.45, 2.75) is 164 Å². The third-order valence-corrected chi connectivity index (χ3v) is 15.5. The fourth-order valence-electron chi connectivity index (χ4n) is 9.49. The maximum absolute atomic E-state index is 10.0. The van der Waals surface area contributed by atoms with Crippen molar-refractivity contribution in [1.29, 1.82) is 0 Å². The fraction of sp³-hybridized carbons (Fsp3) is 0.949. The molecule has 0 bridgehead atoms. The zero-order valence-corrected chi connectivity index (χ0v) is 46.3. The molecule has 2 N–H and O–H groups in total. The lowest BCUT2D eigenvalue weighted by molar-refractivity contribution is -0.226. The summed E-state index contributed by atoms with van der Waals surface area (Å²) in [6.07, 6.45) is -8.69. The molecule has 6 aliphatic rings. The zero-order valence-electron chi connectivity index (χ0n) is 38.2. The standard InChI is InChI=1S/C39H73O21P7/c1-6-7-8-9-42-34-17(3)27(54-61)23(50-34)13-44-36-19(5)29(56-63)25(52-36)15-45-37-18(4)28(55-62)24(51-37)14-43-35-16(2)26(53-39-33(60-67)31(58-65)21(11-41)48-39)22(49-35)12-46-38-32(59-66)30(57-64)20(10-40)47-38/h6,16-41H,1,7-15,61-67H2,2-5H3. The van der Waals surface area contributed by atoms with Crippen molar-refractivity contribution in [1.82, 2.24) is 0 Å². The first-order chi connectivity index (χ1) is 32.4. The molecule has 0 saturated carbocycles. The predicted octanol–water partition coefficient (Wildman–Crippen LogP) is 2.53. The molecule has 6 fully saturated rings. The molecular weight excluding hydrogens is 1020 g/mol. The normalized spacial score (nSPS) is 45.5. The van der Waals surface area contributed by atoms with Crippen molar-refractivity contribution in [2.75, 3.05) is 46.2 Å². The van der Waals surface area contributed by atoms with Crippen molar-refractivity contribution >= 4 is 66.3 Å². The summed E-state index contributed by atoms with van der Waals surface area (Å²) in [6, 6.07) is 0. The molecule has 31 atom stereocenters. The van der Waals surface area contributed by atoms with Gasteiger partial charge in [-0.3, -0.25) is 0 Å². The van der Waals surface area contributed by atoms with Gasteiger partial charge in [0.05, 0.1) is 70.7 Å². The average Bonchev–Trinajstić information content (AvgIpc) is 4.16. The van der Waals surface area contributed by atoms with E-state index < -0.39 is 111 Å². The third-order valence-electron chi connectivity index (χ3n) is 13.3. The number of allylic oxidation sites excluding steroid dienone is 1. The van der Waals surface area contributed by atoms with Crippen LogP contribution in [0.4, 0.5) is 0 Å². The second-order valence-electron chi connectivity index (χ2n) is 17.5. The molecule has 0 amide bonds. The highest BCUT2D eigenvalue weighted by Crippen LogP contribution is 2.41. The Bertz CT molecular complexity index is 1460. The van der Waals surface area contributed by atoms with Crippen molar-refractivity contribution in [3.63, 3.8) is 0 Å². The van der Waals surface area contributed by atoms with Crippen LogP contribution in [0.1, 0.15) is 40.5 Å². The lowest BCUT2D eigenvalue weighted by Crippen LogP contribution is -2.42. The van der Waals surface area contributed by atoms with Gasteiger partial charge in [0.2, 0.25) is 0 Å². The van der Waals surface area contributed by atoms with Crippen LogP contribution < -0.4 is 0 Å². The first-order valence-corrected chi connectivity index (χ1v) is 25.7. The predicted molar refractivity (Wildman–Crippen MR) is 259 cm³/mol. The van der Waals surface area contributed by atoms with Gasteiger partial charge in [0.1, 0.15) is 61.0 Å². The van der Waals surface area contributed by atoms with E-state index in [2.05, 4.69) is 72.8 Å². The highest BCUT2D eigenvalue weighted by atomic mass is 31.0. The second-order valence-corrected chi connectivity index (χ2v) is 19.4. The maximum Gasteiger partial charge on any atom is 0.187 e. The van der Waals surface area contributed by atoms with Crippen LogP contribution >= 0.6 is 66.3 Å². The largest absolute Gasteiger partial charge is 0.394 e. The summed E-state index contributed by atoms with van der Waals surface area (Å²) in [7, 11) is 15.8. The minimum absolute atomic E-state index is 0.00697. The molecule has 6 aliphatic heterocycles. The van der Waals surface area contributed by atoms with Gasteiger partial charge in [-0.1, -0.05) is 33.8 Å². The molecule has 0 aromatic rings. The summed E-state index contributed by atoms with van der Waals surface area (Å²) in [5.41, 5.74) is 0. The maximum atomic E-state index is 10.0. The molecule has 6 saturated heterocycles. The van der Waals surface area contributed by atoms with Gasteiger partial charge in [0.25, 0.3) is 0 Å². The minimum atomic E-state index is -0.952. The number of aliphatic hydroxyl groups excluding tert-OH is 2. The molecule has 0 aliphatic carbocycles. The Kier molecular flexibility index (Phi) is 24.9. The smallest absolute Gasteiger partial charge is 0.187 e. The molecule has 0 spiro atoms. The molecule has 0 aromatic heterocycles. The molecule has 0 radical (unpaired) electrons. The summed E-state index contributed by atoms with van der Waals surface area (Å²) in [6.45, 7) is 12.0. The van der Waals surface area contributed by atoms with E-state index in [1.165, 1.54) is 0 Å². The summed E-state index contributed by atoms with van der Waals surface area (Å²) in [5.74, 6) is -0.764. The molecule has 28 heteroatoms. The van der Waals surface area contributed by atoms with Gasteiger partial charge in [-0.25, -0.2) is 0 Å². The molecule has 21 nitrogen and oxygen atoms in total. The van der Waals surface area contributed by atoms with E-state index >= 15 is 0 Å². The van der Waals surface area contributed by atoms with Crippen LogP contribution in [0, 0.1) is 23.7 Å². The monoisotopic (exact) mass is 1090 g/mol. The van der Waals surface area contributed by atoms with Crippen molar-refractivity contribution in [3.05, 3.63) is 12.7 Å². The van der Waals surface area contributed by atoms with E-state index in [-0.39, 0.29) is 75.7 Å². The minimum Gasteiger partial charge on any atom is -0.394 e. The second kappa shape index (κ2) is 28.7. The molecule has 0 aromatic carbocycles. The number of hydrogen-bond acceptors (Lipinski definition) is 21. The van der Waals surface area contributed by atoms with Crippen molar-refractivity contribution in [3.8, 4) is 0 Å². The van der Waals surface area contributed by atoms with Crippen LogP contribution in [-0.4, -0.2) is 180 Å². The van der Waals surface area contributed by atoms with Gasteiger partial charge in [0, 0.05) is 89.9 Å². The summed E-state index contributed by atoms with van der Waals surface area (Å²) in [4.78, 5) is 0.